The third kappa shape index (κ3) is 5.25. The maximum Gasteiger partial charge on any atom is 0.191 e. The fourth-order valence-corrected chi connectivity index (χ4v) is 4.17. The van der Waals surface area contributed by atoms with Crippen molar-refractivity contribution in [2.45, 2.75) is 44.5 Å². The Hall–Kier alpha value is -2.73. The van der Waals surface area contributed by atoms with Gasteiger partial charge < -0.3 is 20.1 Å². The molecule has 2 aliphatic heterocycles. The van der Waals surface area contributed by atoms with E-state index in [0.29, 0.717) is 25.2 Å². The highest BCUT2D eigenvalue weighted by molar-refractivity contribution is 5.80. The van der Waals surface area contributed by atoms with Crippen molar-refractivity contribution in [3.05, 3.63) is 60.2 Å². The Morgan fingerprint density at radius 3 is 2.63 bits per heavy atom. The van der Waals surface area contributed by atoms with Crippen molar-refractivity contribution in [2.75, 3.05) is 26.7 Å². The second kappa shape index (κ2) is 9.85. The monoisotopic (exact) mass is 408 g/mol. The van der Waals surface area contributed by atoms with Crippen LogP contribution in [0.4, 0.5) is 0 Å². The summed E-state index contributed by atoms with van der Waals surface area (Å²) in [7, 11) is 1.82. The zero-order valence-corrected chi connectivity index (χ0v) is 17.9. The van der Waals surface area contributed by atoms with E-state index in [-0.39, 0.29) is 6.10 Å². The molecule has 160 valence electrons. The summed E-state index contributed by atoms with van der Waals surface area (Å²) in [5.41, 5.74) is 1.38. The van der Waals surface area contributed by atoms with Crippen LogP contribution in [0, 0.1) is 0 Å². The van der Waals surface area contributed by atoms with Gasteiger partial charge in [0.15, 0.2) is 17.5 Å². The fraction of sp³-hybridized carbons (Fsp3) is 0.458. The van der Waals surface area contributed by atoms with E-state index in [1.165, 1.54) is 5.56 Å². The number of benzene rings is 2. The van der Waals surface area contributed by atoms with Crippen molar-refractivity contribution in [1.29, 1.82) is 0 Å². The van der Waals surface area contributed by atoms with Crippen LogP contribution >= 0.6 is 0 Å². The second-order valence-electron chi connectivity index (χ2n) is 8.12. The molecule has 0 aliphatic carbocycles. The fourth-order valence-electron chi connectivity index (χ4n) is 4.17. The van der Waals surface area contributed by atoms with E-state index in [9.17, 15) is 0 Å². The Labute approximate surface area is 179 Å². The van der Waals surface area contributed by atoms with Gasteiger partial charge in [0.1, 0.15) is 12.7 Å². The van der Waals surface area contributed by atoms with E-state index in [1.807, 2.05) is 31.3 Å². The molecule has 2 aliphatic rings. The van der Waals surface area contributed by atoms with Crippen LogP contribution < -0.4 is 20.1 Å². The Kier molecular flexibility index (Phi) is 6.74. The molecule has 0 amide bonds. The number of rotatable bonds is 5. The van der Waals surface area contributed by atoms with E-state index in [4.69, 9.17) is 9.47 Å². The van der Waals surface area contributed by atoms with Crippen LogP contribution in [0.1, 0.15) is 25.3 Å². The van der Waals surface area contributed by atoms with Crippen LogP contribution in [0.5, 0.6) is 11.5 Å². The molecule has 3 atom stereocenters. The minimum absolute atomic E-state index is 0.0370. The van der Waals surface area contributed by atoms with Crippen molar-refractivity contribution >= 4 is 5.96 Å². The largest absolute Gasteiger partial charge is 0.486 e. The van der Waals surface area contributed by atoms with Gasteiger partial charge in [-0.05, 0) is 37.5 Å². The van der Waals surface area contributed by atoms with Gasteiger partial charge in [0.05, 0.1) is 6.54 Å². The summed E-state index contributed by atoms with van der Waals surface area (Å²) < 4.78 is 11.8. The topological polar surface area (TPSA) is 58.1 Å². The Morgan fingerprint density at radius 2 is 1.87 bits per heavy atom. The predicted molar refractivity (Wildman–Crippen MR) is 120 cm³/mol. The van der Waals surface area contributed by atoms with Gasteiger partial charge in [-0.1, -0.05) is 42.5 Å². The minimum Gasteiger partial charge on any atom is -0.486 e. The highest BCUT2D eigenvalue weighted by Gasteiger charge is 2.26. The summed E-state index contributed by atoms with van der Waals surface area (Å²) in [6, 6.07) is 19.5. The number of hydrogen-bond acceptors (Lipinski definition) is 4. The molecule has 3 unspecified atom stereocenters. The lowest BCUT2D eigenvalue weighted by Crippen LogP contribution is -2.52. The smallest absolute Gasteiger partial charge is 0.191 e. The number of nitrogens with one attached hydrogen (secondary N) is 2. The van der Waals surface area contributed by atoms with Gasteiger partial charge in [-0.3, -0.25) is 9.89 Å². The SMILES string of the molecule is CN=C(NCC1COc2ccccc2O1)NC1CCN(Cc2ccccc2)C(C)C1. The van der Waals surface area contributed by atoms with E-state index in [0.717, 1.165) is 43.4 Å². The molecule has 2 N–H and O–H groups in total. The number of para-hydroxylation sites is 2. The summed E-state index contributed by atoms with van der Waals surface area (Å²) >= 11 is 0. The first-order valence-corrected chi connectivity index (χ1v) is 10.8. The summed E-state index contributed by atoms with van der Waals surface area (Å²) in [6.45, 7) is 5.60. The molecule has 0 saturated carbocycles. The molecule has 0 aromatic heterocycles. The molecule has 1 saturated heterocycles. The second-order valence-corrected chi connectivity index (χ2v) is 8.12. The Morgan fingerprint density at radius 1 is 1.10 bits per heavy atom. The van der Waals surface area contributed by atoms with Crippen LogP contribution in [0.25, 0.3) is 0 Å². The zero-order valence-electron chi connectivity index (χ0n) is 17.9. The van der Waals surface area contributed by atoms with Gasteiger partial charge in [0.2, 0.25) is 0 Å². The number of nitrogens with zero attached hydrogens (tertiary/aromatic N) is 2. The van der Waals surface area contributed by atoms with Crippen molar-refractivity contribution in [1.82, 2.24) is 15.5 Å². The predicted octanol–water partition coefficient (Wildman–Crippen LogP) is 3.04. The molecule has 0 radical (unpaired) electrons. The molecule has 4 rings (SSSR count). The lowest BCUT2D eigenvalue weighted by Gasteiger charge is -2.38. The maximum absolute atomic E-state index is 6.03. The molecule has 1 fully saturated rings. The van der Waals surface area contributed by atoms with Gasteiger partial charge in [0.25, 0.3) is 0 Å². The molecule has 2 heterocycles. The molecule has 0 spiro atoms. The number of ether oxygens (including phenoxy) is 2. The first kappa shape index (κ1) is 20.5. The normalized spacial score (nSPS) is 24.3. The highest BCUT2D eigenvalue weighted by atomic mass is 16.6. The molecule has 6 heteroatoms. The van der Waals surface area contributed by atoms with E-state index in [1.54, 1.807) is 0 Å². The number of fused-ring (bicyclic) bond motifs is 1. The van der Waals surface area contributed by atoms with Gasteiger partial charge in [-0.2, -0.15) is 0 Å². The van der Waals surface area contributed by atoms with Gasteiger partial charge >= 0.3 is 0 Å². The van der Waals surface area contributed by atoms with Crippen LogP contribution in [0.3, 0.4) is 0 Å². The number of likely N-dealkylation sites (tertiary alicyclic amines) is 1. The molecule has 30 heavy (non-hydrogen) atoms. The average molecular weight is 409 g/mol. The standard InChI is InChI=1S/C24H32N4O2/c1-18-14-20(12-13-28(18)16-19-8-4-3-5-9-19)27-24(25-2)26-15-21-17-29-22-10-6-7-11-23(22)30-21/h3-11,18,20-21H,12-17H2,1-2H3,(H2,25,26,27). The Bertz CT molecular complexity index is 842. The molecular weight excluding hydrogens is 376 g/mol. The van der Waals surface area contributed by atoms with Gasteiger partial charge in [0, 0.05) is 32.2 Å². The highest BCUT2D eigenvalue weighted by Crippen LogP contribution is 2.30. The summed E-state index contributed by atoms with van der Waals surface area (Å²) in [5, 5.41) is 7.00. The zero-order chi connectivity index (χ0) is 20.8. The van der Waals surface area contributed by atoms with Crippen molar-refractivity contribution in [3.8, 4) is 11.5 Å². The third-order valence-electron chi connectivity index (χ3n) is 5.87. The van der Waals surface area contributed by atoms with Gasteiger partial charge in [-0.25, -0.2) is 0 Å². The molecule has 2 aromatic carbocycles. The van der Waals surface area contributed by atoms with Crippen molar-refractivity contribution < 1.29 is 9.47 Å². The number of aliphatic imine (C=N–C) groups is 1. The number of guanidine groups is 1. The first-order valence-electron chi connectivity index (χ1n) is 10.8. The number of piperidine rings is 1. The lowest BCUT2D eigenvalue weighted by atomic mass is 9.97. The van der Waals surface area contributed by atoms with Crippen LogP contribution in [-0.2, 0) is 6.54 Å². The van der Waals surface area contributed by atoms with Crippen molar-refractivity contribution in [2.24, 2.45) is 4.99 Å². The summed E-state index contributed by atoms with van der Waals surface area (Å²) in [6.07, 6.45) is 2.17. The Balaban J connectivity index is 1.23. The quantitative estimate of drug-likeness (QED) is 0.588. The molecular formula is C24H32N4O2. The van der Waals surface area contributed by atoms with Crippen LogP contribution in [0.2, 0.25) is 0 Å². The maximum atomic E-state index is 6.03. The van der Waals surface area contributed by atoms with Crippen molar-refractivity contribution in [3.63, 3.8) is 0 Å². The molecule has 2 aromatic rings. The number of hydrogen-bond donors (Lipinski definition) is 2. The van der Waals surface area contributed by atoms with E-state index < -0.39 is 0 Å². The first-order chi connectivity index (χ1) is 14.7. The average Bonchev–Trinajstić information content (AvgIpc) is 2.79. The minimum atomic E-state index is -0.0370. The summed E-state index contributed by atoms with van der Waals surface area (Å²) in [5.74, 6) is 2.44. The van der Waals surface area contributed by atoms with Crippen LogP contribution in [0.15, 0.2) is 59.6 Å². The van der Waals surface area contributed by atoms with E-state index >= 15 is 0 Å². The summed E-state index contributed by atoms with van der Waals surface area (Å²) in [4.78, 5) is 6.97. The molecule has 6 nitrogen and oxygen atoms in total. The van der Waals surface area contributed by atoms with Crippen LogP contribution in [-0.4, -0.2) is 55.8 Å². The van der Waals surface area contributed by atoms with Gasteiger partial charge in [-0.15, -0.1) is 0 Å². The van der Waals surface area contributed by atoms with E-state index in [2.05, 4.69) is 57.8 Å². The molecule has 0 bridgehead atoms. The lowest BCUT2D eigenvalue weighted by molar-refractivity contribution is 0.0933. The third-order valence-corrected chi connectivity index (χ3v) is 5.87.